The summed E-state index contributed by atoms with van der Waals surface area (Å²) in [6, 6.07) is 9.52. The summed E-state index contributed by atoms with van der Waals surface area (Å²) in [4.78, 5) is 13.1. The van der Waals surface area contributed by atoms with E-state index in [0.29, 0.717) is 28.7 Å². The molecule has 3 fully saturated rings. The molecule has 0 N–H and O–H groups in total. The number of fused-ring (bicyclic) bond motifs is 5. The van der Waals surface area contributed by atoms with Crippen molar-refractivity contribution >= 4 is 5.97 Å². The molecule has 4 aliphatic rings. The van der Waals surface area contributed by atoms with Crippen molar-refractivity contribution in [2.45, 2.75) is 126 Å². The lowest BCUT2D eigenvalue weighted by atomic mass is 9.34. The Morgan fingerprint density at radius 1 is 0.854 bits per heavy atom. The minimum Gasteiger partial charge on any atom is -0.456 e. The molecule has 0 aliphatic heterocycles. The molecule has 1 aromatic carbocycles. The number of carbonyl (C=O) groups is 1. The summed E-state index contributed by atoms with van der Waals surface area (Å²) in [5.41, 5.74) is 3.05. The highest BCUT2D eigenvalue weighted by Crippen LogP contribution is 2.78. The molecule has 2 nitrogen and oxygen atoms in total. The first kappa shape index (κ1) is 30.6. The molecule has 0 aromatic heterocycles. The van der Waals surface area contributed by atoms with Crippen molar-refractivity contribution < 1.29 is 9.53 Å². The van der Waals surface area contributed by atoms with Crippen LogP contribution in [0.15, 0.2) is 54.1 Å². The van der Waals surface area contributed by atoms with E-state index >= 15 is 0 Å². The largest absolute Gasteiger partial charge is 0.456 e. The van der Waals surface area contributed by atoms with Gasteiger partial charge in [-0.2, -0.15) is 0 Å². The molecule has 3 saturated carbocycles. The Morgan fingerprint density at radius 3 is 2.20 bits per heavy atom. The zero-order valence-corrected chi connectivity index (χ0v) is 27.9. The Bertz CT molecular complexity index is 1210. The Kier molecular flexibility index (Phi) is 7.56. The second kappa shape index (κ2) is 10.1. The number of rotatable bonds is 6. The molecular weight excluding hydrogens is 500 g/mol. The van der Waals surface area contributed by atoms with Gasteiger partial charge in [-0.25, -0.2) is 4.79 Å². The zero-order valence-electron chi connectivity index (χ0n) is 27.9. The summed E-state index contributed by atoms with van der Waals surface area (Å²) >= 11 is 0. The maximum atomic E-state index is 13.1. The van der Waals surface area contributed by atoms with E-state index in [0.717, 1.165) is 31.6 Å². The second-order valence-corrected chi connectivity index (χ2v) is 16.7. The van der Waals surface area contributed by atoms with Gasteiger partial charge in [0, 0.05) is 0 Å². The smallest absolute Gasteiger partial charge is 0.338 e. The molecule has 5 rings (SSSR count). The summed E-state index contributed by atoms with van der Waals surface area (Å²) in [6.07, 6.45) is 17.1. The number of hydrogen-bond acceptors (Lipinski definition) is 2. The first-order chi connectivity index (χ1) is 19.0. The molecule has 1 aromatic rings. The summed E-state index contributed by atoms with van der Waals surface area (Å²) < 4.78 is 6.33. The Balaban J connectivity index is 1.42. The molecule has 0 spiro atoms. The van der Waals surface area contributed by atoms with Gasteiger partial charge in [0.25, 0.3) is 0 Å². The van der Waals surface area contributed by atoms with Gasteiger partial charge in [0.1, 0.15) is 5.60 Å². The highest BCUT2D eigenvalue weighted by Gasteiger charge is 2.70. The summed E-state index contributed by atoms with van der Waals surface area (Å²) in [6.45, 7) is 24.7. The van der Waals surface area contributed by atoms with E-state index in [9.17, 15) is 4.79 Å². The lowest BCUT2D eigenvalue weighted by molar-refractivity contribution is -0.173. The lowest BCUT2D eigenvalue weighted by Crippen LogP contribution is -2.63. The van der Waals surface area contributed by atoms with Crippen LogP contribution >= 0.6 is 0 Å². The van der Waals surface area contributed by atoms with Gasteiger partial charge in [0.05, 0.1) is 5.56 Å². The van der Waals surface area contributed by atoms with Crippen LogP contribution in [0.5, 0.6) is 0 Å². The van der Waals surface area contributed by atoms with Gasteiger partial charge in [-0.15, -0.1) is 0 Å². The first-order valence-electron chi connectivity index (χ1n) is 16.7. The molecule has 0 saturated heterocycles. The second-order valence-electron chi connectivity index (χ2n) is 16.7. The monoisotopic (exact) mass is 558 g/mol. The molecule has 0 amide bonds. The molecule has 2 heteroatoms. The number of esters is 1. The van der Waals surface area contributed by atoms with Crippen molar-refractivity contribution in [3.8, 4) is 0 Å². The van der Waals surface area contributed by atoms with E-state index in [4.69, 9.17) is 4.74 Å². The van der Waals surface area contributed by atoms with E-state index in [1.165, 1.54) is 25.7 Å². The molecule has 0 bridgehead atoms. The molecule has 41 heavy (non-hydrogen) atoms. The van der Waals surface area contributed by atoms with Crippen LogP contribution < -0.4 is 0 Å². The lowest BCUT2D eigenvalue weighted by Gasteiger charge is -2.70. The molecule has 0 unspecified atom stereocenters. The van der Waals surface area contributed by atoms with E-state index in [2.05, 4.69) is 87.5 Å². The van der Waals surface area contributed by atoms with Gasteiger partial charge < -0.3 is 4.74 Å². The fraction of sp³-hybridized carbons (Fsp3) is 0.718. The van der Waals surface area contributed by atoms with Gasteiger partial charge in [0.2, 0.25) is 0 Å². The molecular formula is C39H58O2. The normalized spacial score (nSPS) is 43.6. The van der Waals surface area contributed by atoms with Crippen molar-refractivity contribution in [2.24, 2.45) is 50.7 Å². The van der Waals surface area contributed by atoms with Crippen molar-refractivity contribution in [1.82, 2.24) is 0 Å². The maximum absolute atomic E-state index is 13.1. The van der Waals surface area contributed by atoms with E-state index in [1.54, 1.807) is 5.57 Å². The summed E-state index contributed by atoms with van der Waals surface area (Å²) in [5, 5.41) is 0. The van der Waals surface area contributed by atoms with Crippen LogP contribution in [0.25, 0.3) is 0 Å². The molecule has 0 heterocycles. The van der Waals surface area contributed by atoms with Crippen molar-refractivity contribution in [3.63, 3.8) is 0 Å². The molecule has 4 aliphatic carbocycles. The minimum absolute atomic E-state index is 0.0976. The van der Waals surface area contributed by atoms with Gasteiger partial charge in [0.15, 0.2) is 0 Å². The van der Waals surface area contributed by atoms with Crippen molar-refractivity contribution in [2.75, 3.05) is 0 Å². The SMILES string of the molecule is CC(C)[C@@H](C)/C=C/[C@@H](C)[C@H]1CC[C@@]2(C)C3=CC[C@@]4(C)C[C@@](C)(OC(=O)c5ccccc5)CC[C@]4(C)[C@@]3(C)CC[C@]12C. The van der Waals surface area contributed by atoms with E-state index in [-0.39, 0.29) is 27.6 Å². The van der Waals surface area contributed by atoms with Gasteiger partial charge >= 0.3 is 5.97 Å². The highest BCUT2D eigenvalue weighted by atomic mass is 16.6. The van der Waals surface area contributed by atoms with Crippen LogP contribution in [0.1, 0.15) is 131 Å². The van der Waals surface area contributed by atoms with Gasteiger partial charge in [-0.1, -0.05) is 104 Å². The number of allylic oxidation sites excluding steroid dienone is 4. The third kappa shape index (κ3) is 4.51. The van der Waals surface area contributed by atoms with Crippen LogP contribution in [0.3, 0.4) is 0 Å². The third-order valence-corrected chi connectivity index (χ3v) is 14.3. The number of ether oxygens (including phenoxy) is 1. The van der Waals surface area contributed by atoms with Crippen LogP contribution in [0, 0.1) is 50.7 Å². The Morgan fingerprint density at radius 2 is 1.54 bits per heavy atom. The average molecular weight is 559 g/mol. The predicted molar refractivity (Wildman–Crippen MR) is 172 cm³/mol. The van der Waals surface area contributed by atoms with Crippen LogP contribution in [-0.2, 0) is 4.74 Å². The fourth-order valence-electron chi connectivity index (χ4n) is 10.6. The predicted octanol–water partition coefficient (Wildman–Crippen LogP) is 10.8. The topological polar surface area (TPSA) is 26.3 Å². The Hall–Kier alpha value is -1.83. The van der Waals surface area contributed by atoms with Crippen molar-refractivity contribution in [1.29, 1.82) is 0 Å². The molecule has 226 valence electrons. The Labute approximate surface area is 251 Å². The summed E-state index contributed by atoms with van der Waals surface area (Å²) in [5.74, 6) is 2.51. The third-order valence-electron chi connectivity index (χ3n) is 14.3. The maximum Gasteiger partial charge on any atom is 0.338 e. The molecule has 9 atom stereocenters. The number of carbonyl (C=O) groups excluding carboxylic acids is 1. The fourth-order valence-corrected chi connectivity index (χ4v) is 10.6. The number of benzene rings is 1. The molecule has 0 radical (unpaired) electrons. The number of hydrogen-bond donors (Lipinski definition) is 0. The quantitative estimate of drug-likeness (QED) is 0.256. The van der Waals surface area contributed by atoms with Crippen LogP contribution in [-0.4, -0.2) is 11.6 Å². The van der Waals surface area contributed by atoms with Gasteiger partial charge in [-0.3, -0.25) is 0 Å². The van der Waals surface area contributed by atoms with E-state index in [1.807, 2.05) is 30.3 Å². The highest BCUT2D eigenvalue weighted by molar-refractivity contribution is 5.89. The van der Waals surface area contributed by atoms with Crippen LogP contribution in [0.2, 0.25) is 0 Å². The van der Waals surface area contributed by atoms with Gasteiger partial charge in [-0.05, 0) is 121 Å². The minimum atomic E-state index is -0.427. The average Bonchev–Trinajstić information content (AvgIpc) is 3.19. The van der Waals surface area contributed by atoms with Crippen molar-refractivity contribution in [3.05, 3.63) is 59.7 Å². The van der Waals surface area contributed by atoms with E-state index < -0.39 is 5.60 Å². The summed E-state index contributed by atoms with van der Waals surface area (Å²) in [7, 11) is 0. The van der Waals surface area contributed by atoms with Crippen LogP contribution in [0.4, 0.5) is 0 Å². The first-order valence-corrected chi connectivity index (χ1v) is 16.7. The standard InChI is InChI=1S/C39H58O2/c1-27(2)28(3)16-17-29(4)31-18-21-37(8)32-19-20-34(5)26-35(6,41-33(40)30-14-12-11-13-15-30)22-25-39(34,10)38(32,9)24-23-36(31,37)7/h11-17,19,27-29,31H,18,20-26H2,1-10H3/b17-16+/t28-,29+,31+,34-,35-,36+,37-,38-,39-/m0/s1. The zero-order chi connectivity index (χ0) is 30.1.